The topological polar surface area (TPSA) is 55.1 Å². The molecule has 0 radical (unpaired) electrons. The molecule has 0 aromatic carbocycles. The summed E-state index contributed by atoms with van der Waals surface area (Å²) in [6.45, 7) is 0.214. The average Bonchev–Trinajstić information content (AvgIpc) is 3.07. The summed E-state index contributed by atoms with van der Waals surface area (Å²) in [5, 5.41) is 3.86. The maximum atomic E-state index is 12.3. The van der Waals surface area contributed by atoms with Crippen LogP contribution in [-0.4, -0.2) is 17.4 Å². The Morgan fingerprint density at radius 1 is 1.48 bits per heavy atom. The van der Waals surface area contributed by atoms with Gasteiger partial charge in [-0.3, -0.25) is 4.79 Å². The van der Waals surface area contributed by atoms with Crippen molar-refractivity contribution in [2.75, 3.05) is 6.54 Å². The van der Waals surface area contributed by atoms with Crippen LogP contribution in [0.1, 0.15) is 16.5 Å². The summed E-state index contributed by atoms with van der Waals surface area (Å²) in [4.78, 5) is 14.9. The van der Waals surface area contributed by atoms with Gasteiger partial charge in [-0.05, 0) is 18.2 Å². The van der Waals surface area contributed by atoms with Crippen LogP contribution < -0.4 is 5.32 Å². The van der Waals surface area contributed by atoms with E-state index in [1.165, 1.54) is 18.4 Å². The summed E-state index contributed by atoms with van der Waals surface area (Å²) in [7, 11) is 0. The Morgan fingerprint density at radius 2 is 2.29 bits per heavy atom. The minimum atomic E-state index is -4.43. The molecular formula is C13H11F3N2O2S. The summed E-state index contributed by atoms with van der Waals surface area (Å²) in [6, 6.07) is 3.39. The fraction of sp³-hybridized carbons (Fsp3) is 0.231. The SMILES string of the molecule is O=C(/C=C/c1ccco1)NCCc1nc(C(F)(F)F)cs1. The molecule has 0 aliphatic carbocycles. The lowest BCUT2D eigenvalue weighted by molar-refractivity contribution is -0.140. The van der Waals surface area contributed by atoms with E-state index >= 15 is 0 Å². The Morgan fingerprint density at radius 3 is 2.90 bits per heavy atom. The van der Waals surface area contributed by atoms with Crippen LogP contribution in [0.15, 0.2) is 34.3 Å². The number of amides is 1. The highest BCUT2D eigenvalue weighted by Crippen LogP contribution is 2.29. The molecule has 2 aromatic heterocycles. The first-order chi connectivity index (χ1) is 9.95. The van der Waals surface area contributed by atoms with Crippen molar-refractivity contribution in [3.05, 3.63) is 46.3 Å². The number of alkyl halides is 3. The Bertz CT molecular complexity index is 618. The quantitative estimate of drug-likeness (QED) is 0.862. The van der Waals surface area contributed by atoms with Gasteiger partial charge in [0, 0.05) is 24.4 Å². The largest absolute Gasteiger partial charge is 0.465 e. The van der Waals surface area contributed by atoms with Crippen LogP contribution in [0.2, 0.25) is 0 Å². The number of carbonyl (C=O) groups excluding carboxylic acids is 1. The van der Waals surface area contributed by atoms with Gasteiger partial charge in [-0.25, -0.2) is 4.98 Å². The molecule has 21 heavy (non-hydrogen) atoms. The van der Waals surface area contributed by atoms with E-state index in [0.717, 1.165) is 16.7 Å². The van der Waals surface area contributed by atoms with Gasteiger partial charge in [-0.1, -0.05) is 0 Å². The Labute approximate surface area is 122 Å². The Hall–Kier alpha value is -2.09. The highest BCUT2D eigenvalue weighted by atomic mass is 32.1. The van der Waals surface area contributed by atoms with E-state index in [9.17, 15) is 18.0 Å². The summed E-state index contributed by atoms with van der Waals surface area (Å²) < 4.78 is 42.0. The van der Waals surface area contributed by atoms with E-state index in [1.54, 1.807) is 12.1 Å². The third kappa shape index (κ3) is 4.75. The first-order valence-electron chi connectivity index (χ1n) is 5.96. The molecule has 0 saturated carbocycles. The number of carbonyl (C=O) groups is 1. The van der Waals surface area contributed by atoms with Crippen LogP contribution >= 0.6 is 11.3 Å². The third-order valence-corrected chi connectivity index (χ3v) is 3.33. The van der Waals surface area contributed by atoms with Gasteiger partial charge in [-0.15, -0.1) is 11.3 Å². The molecule has 1 N–H and O–H groups in total. The van der Waals surface area contributed by atoms with Crippen LogP contribution in [0.25, 0.3) is 6.08 Å². The predicted molar refractivity (Wildman–Crippen MR) is 71.6 cm³/mol. The maximum absolute atomic E-state index is 12.3. The fourth-order valence-corrected chi connectivity index (χ4v) is 2.26. The van der Waals surface area contributed by atoms with E-state index in [0.29, 0.717) is 10.8 Å². The highest BCUT2D eigenvalue weighted by molar-refractivity contribution is 7.09. The molecule has 0 bridgehead atoms. The second-order valence-corrected chi connectivity index (χ2v) is 4.96. The highest BCUT2D eigenvalue weighted by Gasteiger charge is 2.33. The van der Waals surface area contributed by atoms with E-state index in [-0.39, 0.29) is 18.9 Å². The van der Waals surface area contributed by atoms with Crippen molar-refractivity contribution in [3.63, 3.8) is 0 Å². The molecule has 2 aromatic rings. The van der Waals surface area contributed by atoms with Crippen molar-refractivity contribution < 1.29 is 22.4 Å². The smallest absolute Gasteiger partial charge is 0.434 e. The van der Waals surface area contributed by atoms with Crippen molar-refractivity contribution in [2.45, 2.75) is 12.6 Å². The lowest BCUT2D eigenvalue weighted by atomic mass is 10.3. The van der Waals surface area contributed by atoms with E-state index in [2.05, 4.69) is 10.3 Å². The molecule has 4 nitrogen and oxygen atoms in total. The second kappa shape index (κ2) is 6.57. The molecule has 8 heteroatoms. The van der Waals surface area contributed by atoms with Gasteiger partial charge in [0.15, 0.2) is 5.69 Å². The van der Waals surface area contributed by atoms with Gasteiger partial charge in [0.2, 0.25) is 5.91 Å². The zero-order chi connectivity index (χ0) is 15.3. The van der Waals surface area contributed by atoms with Gasteiger partial charge < -0.3 is 9.73 Å². The molecule has 0 atom stereocenters. The second-order valence-electron chi connectivity index (χ2n) is 4.01. The Balaban J connectivity index is 1.76. The van der Waals surface area contributed by atoms with Gasteiger partial charge in [-0.2, -0.15) is 13.2 Å². The maximum Gasteiger partial charge on any atom is 0.434 e. The van der Waals surface area contributed by atoms with Crippen LogP contribution in [0.4, 0.5) is 13.2 Å². The van der Waals surface area contributed by atoms with Gasteiger partial charge in [0.1, 0.15) is 5.76 Å². The summed E-state index contributed by atoms with van der Waals surface area (Å²) in [5.74, 6) is 0.193. The fourth-order valence-electron chi connectivity index (χ4n) is 1.45. The third-order valence-electron chi connectivity index (χ3n) is 2.42. The zero-order valence-electron chi connectivity index (χ0n) is 10.7. The number of nitrogens with one attached hydrogen (secondary N) is 1. The zero-order valence-corrected chi connectivity index (χ0v) is 11.5. The van der Waals surface area contributed by atoms with E-state index in [4.69, 9.17) is 4.42 Å². The number of hydrogen-bond acceptors (Lipinski definition) is 4. The molecule has 0 unspecified atom stereocenters. The molecular weight excluding hydrogens is 305 g/mol. The monoisotopic (exact) mass is 316 g/mol. The van der Waals surface area contributed by atoms with Crippen molar-refractivity contribution in [3.8, 4) is 0 Å². The number of nitrogens with zero attached hydrogens (tertiary/aromatic N) is 1. The molecule has 2 rings (SSSR count). The van der Waals surface area contributed by atoms with Crippen molar-refractivity contribution in [1.29, 1.82) is 0 Å². The lowest BCUT2D eigenvalue weighted by Gasteiger charge is -2.01. The molecule has 0 fully saturated rings. The van der Waals surface area contributed by atoms with E-state index in [1.807, 2.05) is 0 Å². The van der Waals surface area contributed by atoms with Gasteiger partial charge >= 0.3 is 6.18 Å². The standard InChI is InChI=1S/C13H11F3N2O2S/c14-13(15,16)10-8-21-12(18-10)5-6-17-11(19)4-3-9-2-1-7-20-9/h1-4,7-8H,5-6H2,(H,17,19)/b4-3+. The number of thiazole rings is 1. The van der Waals surface area contributed by atoms with E-state index < -0.39 is 11.9 Å². The predicted octanol–water partition coefficient (Wildman–Crippen LogP) is 3.13. The van der Waals surface area contributed by atoms with Crippen molar-refractivity contribution >= 4 is 23.3 Å². The molecule has 2 heterocycles. The Kier molecular flexibility index (Phi) is 4.79. The van der Waals surface area contributed by atoms with Gasteiger partial charge in [0.25, 0.3) is 0 Å². The lowest BCUT2D eigenvalue weighted by Crippen LogP contribution is -2.23. The number of aromatic nitrogens is 1. The first kappa shape index (κ1) is 15.3. The molecule has 0 aliphatic heterocycles. The van der Waals surface area contributed by atoms with Crippen LogP contribution in [0.3, 0.4) is 0 Å². The minimum Gasteiger partial charge on any atom is -0.465 e. The molecule has 112 valence electrons. The number of halogens is 3. The minimum absolute atomic E-state index is 0.214. The average molecular weight is 316 g/mol. The van der Waals surface area contributed by atoms with Crippen LogP contribution in [0.5, 0.6) is 0 Å². The van der Waals surface area contributed by atoms with Crippen molar-refractivity contribution in [1.82, 2.24) is 10.3 Å². The normalized spacial score (nSPS) is 12.0. The van der Waals surface area contributed by atoms with Gasteiger partial charge in [0.05, 0.1) is 11.3 Å². The van der Waals surface area contributed by atoms with Crippen LogP contribution in [-0.2, 0) is 17.4 Å². The van der Waals surface area contributed by atoms with Crippen LogP contribution in [0, 0.1) is 0 Å². The summed E-state index contributed by atoms with van der Waals surface area (Å²) in [6.07, 6.45) is 0.103. The number of hydrogen-bond donors (Lipinski definition) is 1. The number of rotatable bonds is 5. The molecule has 1 amide bonds. The molecule has 0 spiro atoms. The summed E-state index contributed by atoms with van der Waals surface area (Å²) >= 11 is 0.924. The number of furan rings is 1. The van der Waals surface area contributed by atoms with Crippen molar-refractivity contribution in [2.24, 2.45) is 0 Å². The first-order valence-corrected chi connectivity index (χ1v) is 6.84. The molecule has 0 saturated heterocycles. The summed E-state index contributed by atoms with van der Waals surface area (Å²) in [5.41, 5.74) is -0.897. The molecule has 0 aliphatic rings.